The van der Waals surface area contributed by atoms with E-state index in [9.17, 15) is 9.59 Å². The maximum atomic E-state index is 12.1. The van der Waals surface area contributed by atoms with Crippen LogP contribution in [-0.4, -0.2) is 38.7 Å². The maximum Gasteiger partial charge on any atom is 0.331 e. The molecule has 1 saturated carbocycles. The molecular formula is C21H28ClNO5. The SMILES string of the molecule is COc1cc(/C=C/C(=O)OCC(=O)N[C@H]2CCC[C@@H](C)[C@@H]2C)cc(Cl)c1OC. The van der Waals surface area contributed by atoms with Gasteiger partial charge in [0.05, 0.1) is 19.2 Å². The molecule has 3 atom stereocenters. The molecule has 7 heteroatoms. The number of carbonyl (C=O) groups excluding carboxylic acids is 2. The Balaban J connectivity index is 1.86. The fourth-order valence-corrected chi connectivity index (χ4v) is 3.71. The fraction of sp³-hybridized carbons (Fsp3) is 0.524. The summed E-state index contributed by atoms with van der Waals surface area (Å²) in [6, 6.07) is 3.47. The van der Waals surface area contributed by atoms with Crippen LogP contribution in [0.5, 0.6) is 11.5 Å². The van der Waals surface area contributed by atoms with Crippen LogP contribution in [0.4, 0.5) is 0 Å². The normalized spacial score (nSPS) is 22.0. The fourth-order valence-electron chi connectivity index (χ4n) is 3.42. The van der Waals surface area contributed by atoms with Crippen LogP contribution < -0.4 is 14.8 Å². The Labute approximate surface area is 171 Å². The van der Waals surface area contributed by atoms with Crippen LogP contribution in [0.1, 0.15) is 38.7 Å². The Bertz CT molecular complexity index is 734. The van der Waals surface area contributed by atoms with Gasteiger partial charge in [-0.15, -0.1) is 0 Å². The number of esters is 1. The standard InChI is InChI=1S/C21H28ClNO5/c1-13-6-5-7-17(14(13)2)23-19(24)12-28-20(25)9-8-15-10-16(22)21(27-4)18(11-15)26-3/h8-11,13-14,17H,5-7,12H2,1-4H3,(H,23,24)/b9-8+/t13-,14+,17+/m1/s1. The first-order valence-corrected chi connectivity index (χ1v) is 9.79. The number of carbonyl (C=O) groups is 2. The van der Waals surface area contributed by atoms with Gasteiger partial charge < -0.3 is 19.5 Å². The van der Waals surface area contributed by atoms with Crippen LogP contribution in [0.15, 0.2) is 18.2 Å². The zero-order valence-electron chi connectivity index (χ0n) is 16.8. The third-order valence-electron chi connectivity index (χ3n) is 5.27. The lowest BCUT2D eigenvalue weighted by Crippen LogP contribution is -2.45. The number of hydrogen-bond donors (Lipinski definition) is 1. The minimum Gasteiger partial charge on any atom is -0.493 e. The van der Waals surface area contributed by atoms with Crippen molar-refractivity contribution in [2.45, 2.75) is 39.2 Å². The van der Waals surface area contributed by atoms with E-state index in [1.807, 2.05) is 0 Å². The average Bonchev–Trinajstić information content (AvgIpc) is 2.67. The van der Waals surface area contributed by atoms with Crippen molar-refractivity contribution in [3.05, 3.63) is 28.8 Å². The molecule has 1 fully saturated rings. The minimum atomic E-state index is -0.605. The first-order chi connectivity index (χ1) is 13.3. The molecule has 1 aliphatic rings. The summed E-state index contributed by atoms with van der Waals surface area (Å²) in [6.07, 6.45) is 6.04. The molecule has 2 rings (SSSR count). The molecule has 1 aromatic carbocycles. The van der Waals surface area contributed by atoms with Crippen LogP contribution >= 0.6 is 11.6 Å². The second kappa shape index (κ2) is 10.4. The smallest absolute Gasteiger partial charge is 0.331 e. The summed E-state index contributed by atoms with van der Waals surface area (Å²) in [6.45, 7) is 4.06. The van der Waals surface area contributed by atoms with Gasteiger partial charge in [-0.2, -0.15) is 0 Å². The molecule has 1 aliphatic carbocycles. The summed E-state index contributed by atoms with van der Waals surface area (Å²) in [4.78, 5) is 24.0. The molecule has 0 bridgehead atoms. The van der Waals surface area contributed by atoms with E-state index in [0.29, 0.717) is 33.9 Å². The van der Waals surface area contributed by atoms with E-state index in [1.165, 1.54) is 26.7 Å². The highest BCUT2D eigenvalue weighted by molar-refractivity contribution is 6.32. The van der Waals surface area contributed by atoms with Gasteiger partial charge in [-0.05, 0) is 42.0 Å². The van der Waals surface area contributed by atoms with Crippen molar-refractivity contribution >= 4 is 29.6 Å². The lowest BCUT2D eigenvalue weighted by Gasteiger charge is -2.34. The average molecular weight is 410 g/mol. The van der Waals surface area contributed by atoms with Gasteiger partial charge in [0.2, 0.25) is 0 Å². The Morgan fingerprint density at radius 3 is 2.64 bits per heavy atom. The monoisotopic (exact) mass is 409 g/mol. The summed E-state index contributed by atoms with van der Waals surface area (Å²) in [7, 11) is 3.00. The highest BCUT2D eigenvalue weighted by Crippen LogP contribution is 2.36. The number of ether oxygens (including phenoxy) is 3. The molecule has 0 heterocycles. The molecule has 0 unspecified atom stereocenters. The Hall–Kier alpha value is -2.21. The largest absolute Gasteiger partial charge is 0.493 e. The molecule has 0 aromatic heterocycles. The number of amides is 1. The minimum absolute atomic E-state index is 0.138. The molecular weight excluding hydrogens is 382 g/mol. The molecule has 28 heavy (non-hydrogen) atoms. The maximum absolute atomic E-state index is 12.1. The summed E-state index contributed by atoms with van der Waals surface area (Å²) in [5.74, 6) is 0.999. The number of rotatable bonds is 7. The van der Waals surface area contributed by atoms with Crippen molar-refractivity contribution in [2.24, 2.45) is 11.8 Å². The molecule has 6 nitrogen and oxygen atoms in total. The predicted molar refractivity (Wildman–Crippen MR) is 109 cm³/mol. The van der Waals surface area contributed by atoms with Gasteiger partial charge in [0, 0.05) is 12.1 Å². The summed E-state index contributed by atoms with van der Waals surface area (Å²) < 4.78 is 15.4. The molecule has 1 N–H and O–H groups in total. The zero-order chi connectivity index (χ0) is 20.7. The van der Waals surface area contributed by atoms with E-state index in [0.717, 1.165) is 12.8 Å². The molecule has 154 valence electrons. The van der Waals surface area contributed by atoms with E-state index in [2.05, 4.69) is 19.2 Å². The Morgan fingerprint density at radius 2 is 1.96 bits per heavy atom. The van der Waals surface area contributed by atoms with Gasteiger partial charge in [-0.3, -0.25) is 4.79 Å². The molecule has 1 amide bonds. The van der Waals surface area contributed by atoms with Crippen molar-refractivity contribution in [3.63, 3.8) is 0 Å². The highest BCUT2D eigenvalue weighted by Gasteiger charge is 2.28. The number of hydrogen-bond acceptors (Lipinski definition) is 5. The number of halogens is 1. The quantitative estimate of drug-likeness (QED) is 0.546. The van der Waals surface area contributed by atoms with E-state index >= 15 is 0 Å². The van der Waals surface area contributed by atoms with Crippen LogP contribution in [-0.2, 0) is 14.3 Å². The van der Waals surface area contributed by atoms with Crippen LogP contribution in [0, 0.1) is 11.8 Å². The van der Waals surface area contributed by atoms with E-state index < -0.39 is 5.97 Å². The predicted octanol–water partition coefficient (Wildman–Crippen LogP) is 3.85. The first kappa shape index (κ1) is 22.1. The van der Waals surface area contributed by atoms with Crippen molar-refractivity contribution in [3.8, 4) is 11.5 Å². The van der Waals surface area contributed by atoms with E-state index in [1.54, 1.807) is 18.2 Å². The molecule has 0 radical (unpaired) electrons. The van der Waals surface area contributed by atoms with E-state index in [4.69, 9.17) is 25.8 Å². The van der Waals surface area contributed by atoms with Crippen LogP contribution in [0.2, 0.25) is 5.02 Å². The van der Waals surface area contributed by atoms with Gasteiger partial charge in [-0.25, -0.2) is 4.79 Å². The van der Waals surface area contributed by atoms with Crippen molar-refractivity contribution in [2.75, 3.05) is 20.8 Å². The van der Waals surface area contributed by atoms with Crippen molar-refractivity contribution in [1.82, 2.24) is 5.32 Å². The molecule has 1 aromatic rings. The second-order valence-corrected chi connectivity index (χ2v) is 7.53. The van der Waals surface area contributed by atoms with Crippen molar-refractivity contribution in [1.29, 1.82) is 0 Å². The summed E-state index contributed by atoms with van der Waals surface area (Å²) in [5, 5.41) is 3.34. The van der Waals surface area contributed by atoms with Crippen molar-refractivity contribution < 1.29 is 23.8 Å². The lowest BCUT2D eigenvalue weighted by atomic mass is 9.78. The third-order valence-corrected chi connectivity index (χ3v) is 5.55. The second-order valence-electron chi connectivity index (χ2n) is 7.12. The van der Waals surface area contributed by atoms with Gasteiger partial charge in [0.25, 0.3) is 5.91 Å². The highest BCUT2D eigenvalue weighted by atomic mass is 35.5. The van der Waals surface area contributed by atoms with Crippen LogP contribution in [0.25, 0.3) is 6.08 Å². The number of benzene rings is 1. The number of nitrogens with one attached hydrogen (secondary N) is 1. The Morgan fingerprint density at radius 1 is 1.21 bits per heavy atom. The number of methoxy groups -OCH3 is 2. The van der Waals surface area contributed by atoms with Gasteiger partial charge >= 0.3 is 5.97 Å². The molecule has 0 saturated heterocycles. The van der Waals surface area contributed by atoms with Gasteiger partial charge in [-0.1, -0.05) is 38.3 Å². The van der Waals surface area contributed by atoms with Crippen LogP contribution in [0.3, 0.4) is 0 Å². The first-order valence-electron chi connectivity index (χ1n) is 9.41. The van der Waals surface area contributed by atoms with E-state index in [-0.39, 0.29) is 18.6 Å². The topological polar surface area (TPSA) is 73.9 Å². The van der Waals surface area contributed by atoms with Gasteiger partial charge in [0.1, 0.15) is 0 Å². The van der Waals surface area contributed by atoms with Gasteiger partial charge in [0.15, 0.2) is 18.1 Å². The summed E-state index contributed by atoms with van der Waals surface area (Å²) in [5.41, 5.74) is 0.647. The zero-order valence-corrected chi connectivity index (χ0v) is 17.5. The molecule has 0 aliphatic heterocycles. The third kappa shape index (κ3) is 5.89. The summed E-state index contributed by atoms with van der Waals surface area (Å²) >= 11 is 6.14. The Kier molecular flexibility index (Phi) is 8.18. The molecule has 0 spiro atoms. The lowest BCUT2D eigenvalue weighted by molar-refractivity contribution is -0.144.